The molecule has 2 N–H and O–H groups in total. The number of carbonyl (C=O) groups excluding carboxylic acids is 3. The zero-order chi connectivity index (χ0) is 23.4. The highest BCUT2D eigenvalue weighted by Crippen LogP contribution is 2.39. The van der Waals surface area contributed by atoms with Gasteiger partial charge in [-0.3, -0.25) is 4.79 Å². The second kappa shape index (κ2) is 10.1. The molecule has 33 heavy (non-hydrogen) atoms. The number of rotatable bonds is 6. The van der Waals surface area contributed by atoms with Crippen LogP contribution in [0.3, 0.4) is 0 Å². The third kappa shape index (κ3) is 5.02. The summed E-state index contributed by atoms with van der Waals surface area (Å²) in [6, 6.07) is 17.9. The molecule has 2 saturated heterocycles. The molecule has 3 amide bonds. The number of nitrogens with one attached hydrogen (secondary N) is 2. The average molecular weight is 450 g/mol. The molecule has 2 heterocycles. The van der Waals surface area contributed by atoms with E-state index < -0.39 is 24.1 Å². The third-order valence-electron chi connectivity index (χ3n) is 6.83. The summed E-state index contributed by atoms with van der Waals surface area (Å²) < 4.78 is 5.02. The van der Waals surface area contributed by atoms with Gasteiger partial charge in [0.25, 0.3) is 0 Å². The van der Waals surface area contributed by atoms with Gasteiger partial charge in [0.15, 0.2) is 0 Å². The normalized spacial score (nSPS) is 25.2. The van der Waals surface area contributed by atoms with Crippen molar-refractivity contribution in [2.24, 2.45) is 5.92 Å². The molecule has 7 heteroatoms. The molecule has 0 spiro atoms. The number of esters is 1. The third-order valence-corrected chi connectivity index (χ3v) is 6.83. The molecule has 0 bridgehead atoms. The molecule has 5 atom stereocenters. The van der Waals surface area contributed by atoms with E-state index in [1.165, 1.54) is 12.7 Å². The number of amides is 3. The molecule has 2 aromatic rings. The summed E-state index contributed by atoms with van der Waals surface area (Å²) in [7, 11) is 1.35. The number of hydrogen-bond acceptors (Lipinski definition) is 4. The number of piperidine rings is 1. The summed E-state index contributed by atoms with van der Waals surface area (Å²) in [5.41, 5.74) is 2.17. The minimum Gasteiger partial charge on any atom is -0.467 e. The Bertz CT molecular complexity index is 982. The predicted molar refractivity (Wildman–Crippen MR) is 124 cm³/mol. The quantitative estimate of drug-likeness (QED) is 0.663. The number of ether oxygens (including phenoxy) is 1. The maximum atomic E-state index is 13.4. The molecule has 2 fully saturated rings. The van der Waals surface area contributed by atoms with Crippen LogP contribution >= 0.6 is 0 Å². The fourth-order valence-electron chi connectivity index (χ4n) is 5.19. The Kier molecular flexibility index (Phi) is 6.96. The molecule has 4 rings (SSSR count). The van der Waals surface area contributed by atoms with Crippen molar-refractivity contribution in [3.8, 4) is 0 Å². The molecule has 2 aliphatic rings. The topological polar surface area (TPSA) is 87.7 Å². The van der Waals surface area contributed by atoms with E-state index in [-0.39, 0.29) is 23.9 Å². The summed E-state index contributed by atoms with van der Waals surface area (Å²) in [5.74, 6) is -0.431. The lowest BCUT2D eigenvalue weighted by Crippen LogP contribution is -2.59. The summed E-state index contributed by atoms with van der Waals surface area (Å²) in [4.78, 5) is 40.2. The highest BCUT2D eigenvalue weighted by Gasteiger charge is 2.51. The van der Waals surface area contributed by atoms with Crippen molar-refractivity contribution in [1.82, 2.24) is 15.5 Å². The minimum absolute atomic E-state index is 0.0360. The van der Waals surface area contributed by atoms with Gasteiger partial charge in [-0.15, -0.1) is 0 Å². The smallest absolute Gasteiger partial charge is 0.328 e. The average Bonchev–Trinajstić information content (AvgIpc) is 3.20. The molecule has 0 aliphatic carbocycles. The van der Waals surface area contributed by atoms with Crippen LogP contribution in [0.25, 0.3) is 0 Å². The van der Waals surface area contributed by atoms with Crippen LogP contribution in [0.5, 0.6) is 0 Å². The molecule has 7 nitrogen and oxygen atoms in total. The first-order chi connectivity index (χ1) is 16.0. The van der Waals surface area contributed by atoms with Gasteiger partial charge in [-0.2, -0.15) is 0 Å². The second-order valence-corrected chi connectivity index (χ2v) is 8.92. The van der Waals surface area contributed by atoms with Crippen molar-refractivity contribution in [3.63, 3.8) is 0 Å². The summed E-state index contributed by atoms with van der Waals surface area (Å²) >= 11 is 0. The largest absolute Gasteiger partial charge is 0.467 e. The van der Waals surface area contributed by atoms with Gasteiger partial charge in [-0.25, -0.2) is 9.59 Å². The molecule has 0 unspecified atom stereocenters. The first kappa shape index (κ1) is 22.8. The minimum atomic E-state index is -0.660. The number of benzene rings is 2. The van der Waals surface area contributed by atoms with Crippen molar-refractivity contribution < 1.29 is 19.1 Å². The summed E-state index contributed by atoms with van der Waals surface area (Å²) in [5, 5.41) is 5.73. The van der Waals surface area contributed by atoms with Gasteiger partial charge in [0.1, 0.15) is 12.1 Å². The Morgan fingerprint density at radius 1 is 1.06 bits per heavy atom. The van der Waals surface area contributed by atoms with Crippen molar-refractivity contribution in [3.05, 3.63) is 71.8 Å². The molecule has 174 valence electrons. The van der Waals surface area contributed by atoms with Crippen LogP contribution in [0.4, 0.5) is 4.79 Å². The lowest BCUT2D eigenvalue weighted by Gasteiger charge is -2.38. The lowest BCUT2D eigenvalue weighted by atomic mass is 9.86. The molecule has 2 aliphatic heterocycles. The van der Waals surface area contributed by atoms with E-state index in [0.29, 0.717) is 12.8 Å². The van der Waals surface area contributed by atoms with Crippen LogP contribution in [0.15, 0.2) is 60.7 Å². The van der Waals surface area contributed by atoms with Crippen molar-refractivity contribution >= 4 is 17.9 Å². The van der Waals surface area contributed by atoms with Crippen molar-refractivity contribution in [1.29, 1.82) is 0 Å². The van der Waals surface area contributed by atoms with Gasteiger partial charge >= 0.3 is 12.0 Å². The number of methoxy groups -OCH3 is 1. The van der Waals surface area contributed by atoms with E-state index in [1.807, 2.05) is 55.5 Å². The Balaban J connectivity index is 1.44. The summed E-state index contributed by atoms with van der Waals surface area (Å²) in [6.45, 7) is 1.90. The fraction of sp³-hybridized carbons (Fsp3) is 0.423. The Morgan fingerprint density at radius 3 is 2.39 bits per heavy atom. The number of nitrogens with zero attached hydrogens (tertiary/aromatic N) is 1. The standard InChI is InChI=1S/C26H31N3O4/c1-17(19-11-7-4-8-12-19)27-26(32)28-21-13-14-22-20(15-18-9-5-3-6-10-18)16-23(25(31)33-2)29(22)24(21)30/h3-12,17,20-23H,13-16H2,1-2H3,(H2,27,28,32)/t17-,20+,21-,22-,23-/m0/s1. The van der Waals surface area contributed by atoms with Gasteiger partial charge in [0.05, 0.1) is 13.2 Å². The Labute approximate surface area is 194 Å². The highest BCUT2D eigenvalue weighted by atomic mass is 16.5. The van der Waals surface area contributed by atoms with Gasteiger partial charge < -0.3 is 20.3 Å². The second-order valence-electron chi connectivity index (χ2n) is 8.92. The van der Waals surface area contributed by atoms with Crippen LogP contribution in [0, 0.1) is 5.92 Å². The van der Waals surface area contributed by atoms with Crippen molar-refractivity contribution in [2.75, 3.05) is 7.11 Å². The van der Waals surface area contributed by atoms with E-state index >= 15 is 0 Å². The lowest BCUT2D eigenvalue weighted by molar-refractivity contribution is -0.154. The fourth-order valence-corrected chi connectivity index (χ4v) is 5.19. The number of urea groups is 1. The molecule has 0 aromatic heterocycles. The first-order valence-electron chi connectivity index (χ1n) is 11.5. The number of hydrogen-bond donors (Lipinski definition) is 2. The van der Waals surface area contributed by atoms with Crippen LogP contribution in [0.1, 0.15) is 43.4 Å². The summed E-state index contributed by atoms with van der Waals surface area (Å²) in [6.07, 6.45) is 2.65. The van der Waals surface area contributed by atoms with E-state index in [1.54, 1.807) is 4.90 Å². The number of carbonyl (C=O) groups is 3. The predicted octanol–water partition coefficient (Wildman–Crippen LogP) is 3.21. The van der Waals surface area contributed by atoms with E-state index in [0.717, 1.165) is 18.4 Å². The van der Waals surface area contributed by atoms with Crippen LogP contribution < -0.4 is 10.6 Å². The molecule has 2 aromatic carbocycles. The Morgan fingerprint density at radius 2 is 1.73 bits per heavy atom. The number of fused-ring (bicyclic) bond motifs is 1. The Hall–Kier alpha value is -3.35. The monoisotopic (exact) mass is 449 g/mol. The maximum Gasteiger partial charge on any atom is 0.328 e. The van der Waals surface area contributed by atoms with Gasteiger partial charge in [-0.1, -0.05) is 60.7 Å². The first-order valence-corrected chi connectivity index (χ1v) is 11.5. The van der Waals surface area contributed by atoms with Crippen LogP contribution in [0.2, 0.25) is 0 Å². The molecule has 0 saturated carbocycles. The van der Waals surface area contributed by atoms with Gasteiger partial charge in [0, 0.05) is 6.04 Å². The van der Waals surface area contributed by atoms with Gasteiger partial charge in [-0.05, 0) is 49.7 Å². The van der Waals surface area contributed by atoms with Crippen LogP contribution in [-0.2, 0) is 20.7 Å². The van der Waals surface area contributed by atoms with E-state index in [4.69, 9.17) is 4.74 Å². The SMILES string of the molecule is COC(=O)[C@@H]1C[C@@H](Cc2ccccc2)[C@@H]2CC[C@H](NC(=O)N[C@@H](C)c3ccccc3)C(=O)N12. The maximum absolute atomic E-state index is 13.4. The zero-order valence-electron chi connectivity index (χ0n) is 19.1. The highest BCUT2D eigenvalue weighted by molar-refractivity contribution is 5.92. The molecule has 0 radical (unpaired) electrons. The molecular weight excluding hydrogens is 418 g/mol. The van der Waals surface area contributed by atoms with Gasteiger partial charge in [0.2, 0.25) is 5.91 Å². The zero-order valence-corrected chi connectivity index (χ0v) is 19.1. The van der Waals surface area contributed by atoms with E-state index in [2.05, 4.69) is 22.8 Å². The van der Waals surface area contributed by atoms with E-state index in [9.17, 15) is 14.4 Å². The van der Waals surface area contributed by atoms with Crippen LogP contribution in [-0.4, -0.2) is 48.0 Å². The molecular formula is C26H31N3O4. The van der Waals surface area contributed by atoms with Crippen molar-refractivity contribution in [2.45, 2.75) is 56.8 Å².